The van der Waals surface area contributed by atoms with Crippen molar-refractivity contribution in [3.8, 4) is 5.75 Å². The lowest BCUT2D eigenvalue weighted by molar-refractivity contribution is -0.137. The fraction of sp³-hybridized carbons (Fsp3) is 0.400. The van der Waals surface area contributed by atoms with Gasteiger partial charge in [0.2, 0.25) is 0 Å². The summed E-state index contributed by atoms with van der Waals surface area (Å²) in [7, 11) is 3.30. The maximum atomic E-state index is 12.8. The lowest BCUT2D eigenvalue weighted by Gasteiger charge is -2.21. The van der Waals surface area contributed by atoms with Crippen LogP contribution < -0.4 is 20.3 Å². The van der Waals surface area contributed by atoms with E-state index in [1.54, 1.807) is 14.2 Å². The highest BCUT2D eigenvalue weighted by molar-refractivity contribution is 14.0. The van der Waals surface area contributed by atoms with Gasteiger partial charge in [-0.2, -0.15) is 13.2 Å². The first-order chi connectivity index (χ1) is 14.3. The van der Waals surface area contributed by atoms with Gasteiger partial charge in [-0.1, -0.05) is 29.8 Å². The zero-order chi connectivity index (χ0) is 21.7. The fourth-order valence-corrected chi connectivity index (χ4v) is 3.59. The number of aromatic nitrogens is 1. The van der Waals surface area contributed by atoms with Crippen LogP contribution in [0.5, 0.6) is 5.75 Å². The third kappa shape index (κ3) is 6.52. The number of aliphatic imine (C=N–C) groups is 1. The van der Waals surface area contributed by atoms with E-state index in [1.807, 2.05) is 29.2 Å². The molecule has 11 heteroatoms. The van der Waals surface area contributed by atoms with Crippen LogP contribution in [-0.4, -0.2) is 44.2 Å². The van der Waals surface area contributed by atoms with Crippen LogP contribution in [0.4, 0.5) is 19.0 Å². The molecule has 0 bridgehead atoms. The van der Waals surface area contributed by atoms with E-state index in [2.05, 4.69) is 20.6 Å². The summed E-state index contributed by atoms with van der Waals surface area (Å²) in [5, 5.41) is 6.57. The molecule has 2 aromatic rings. The molecule has 1 atom stereocenters. The third-order valence-electron chi connectivity index (χ3n) is 4.84. The van der Waals surface area contributed by atoms with Gasteiger partial charge < -0.3 is 20.3 Å². The Hall–Kier alpha value is -1.95. The van der Waals surface area contributed by atoms with E-state index in [1.165, 1.54) is 0 Å². The van der Waals surface area contributed by atoms with Crippen molar-refractivity contribution in [2.24, 2.45) is 4.99 Å². The quantitative estimate of drug-likeness (QED) is 0.319. The number of alkyl halides is 3. The first-order valence-corrected chi connectivity index (χ1v) is 9.76. The first-order valence-electron chi connectivity index (χ1n) is 9.38. The van der Waals surface area contributed by atoms with Crippen LogP contribution in [0.3, 0.4) is 0 Å². The second kappa shape index (κ2) is 11.1. The summed E-state index contributed by atoms with van der Waals surface area (Å²) in [6, 6.07) is 8.67. The molecule has 1 aromatic carbocycles. The molecule has 1 saturated heterocycles. The summed E-state index contributed by atoms with van der Waals surface area (Å²) >= 11 is 6.07. The largest absolute Gasteiger partial charge is 0.496 e. The minimum Gasteiger partial charge on any atom is -0.496 e. The molecule has 1 fully saturated rings. The minimum atomic E-state index is -4.47. The zero-order valence-corrected chi connectivity index (χ0v) is 20.1. The monoisotopic (exact) mass is 569 g/mol. The first kappa shape index (κ1) is 25.3. The van der Waals surface area contributed by atoms with Gasteiger partial charge in [-0.05, 0) is 18.6 Å². The number of hydrogen-bond acceptors (Lipinski definition) is 4. The van der Waals surface area contributed by atoms with Crippen molar-refractivity contribution < 1.29 is 17.9 Å². The van der Waals surface area contributed by atoms with E-state index in [-0.39, 0.29) is 35.0 Å². The third-order valence-corrected chi connectivity index (χ3v) is 5.12. The van der Waals surface area contributed by atoms with Crippen molar-refractivity contribution in [3.05, 3.63) is 52.7 Å². The maximum Gasteiger partial charge on any atom is 0.417 e. The summed E-state index contributed by atoms with van der Waals surface area (Å²) in [5.74, 6) is 1.76. The predicted octanol–water partition coefficient (Wildman–Crippen LogP) is 4.32. The molecule has 0 spiro atoms. The molecular weight excluding hydrogens is 546 g/mol. The Labute approximate surface area is 201 Å². The van der Waals surface area contributed by atoms with E-state index in [0.717, 1.165) is 30.0 Å². The van der Waals surface area contributed by atoms with E-state index >= 15 is 0 Å². The van der Waals surface area contributed by atoms with Gasteiger partial charge in [-0.15, -0.1) is 24.0 Å². The number of hydrogen-bond donors (Lipinski definition) is 2. The SMILES string of the molecule is CN=C(NCc1ccccc1OC)NC1CCN(c2ncc(C(F)(F)F)cc2Cl)C1.I. The number of methoxy groups -OCH3 is 1. The lowest BCUT2D eigenvalue weighted by Crippen LogP contribution is -2.44. The minimum absolute atomic E-state index is 0. The van der Waals surface area contributed by atoms with Crippen molar-refractivity contribution in [2.75, 3.05) is 32.1 Å². The average Bonchev–Trinajstić information content (AvgIpc) is 3.18. The fourth-order valence-electron chi connectivity index (χ4n) is 3.30. The van der Waals surface area contributed by atoms with Crippen LogP contribution >= 0.6 is 35.6 Å². The highest BCUT2D eigenvalue weighted by atomic mass is 127. The van der Waals surface area contributed by atoms with Crippen molar-refractivity contribution in [1.29, 1.82) is 0 Å². The van der Waals surface area contributed by atoms with Crippen molar-refractivity contribution in [1.82, 2.24) is 15.6 Å². The molecule has 0 radical (unpaired) electrons. The Morgan fingerprint density at radius 3 is 2.74 bits per heavy atom. The second-order valence-electron chi connectivity index (χ2n) is 6.84. The highest BCUT2D eigenvalue weighted by Gasteiger charge is 2.33. The summed E-state index contributed by atoms with van der Waals surface area (Å²) in [6.45, 7) is 1.71. The molecule has 1 aliphatic heterocycles. The Balaban J connectivity index is 0.00000341. The highest BCUT2D eigenvalue weighted by Crippen LogP contribution is 2.34. The molecule has 0 aliphatic carbocycles. The summed E-state index contributed by atoms with van der Waals surface area (Å²) < 4.78 is 43.8. The van der Waals surface area contributed by atoms with Gasteiger partial charge in [0.25, 0.3) is 0 Å². The van der Waals surface area contributed by atoms with E-state index in [9.17, 15) is 13.2 Å². The number of pyridine rings is 1. The molecule has 1 unspecified atom stereocenters. The number of ether oxygens (including phenoxy) is 1. The maximum absolute atomic E-state index is 12.8. The van der Waals surface area contributed by atoms with Crippen LogP contribution in [0.1, 0.15) is 17.5 Å². The molecule has 31 heavy (non-hydrogen) atoms. The van der Waals surface area contributed by atoms with Crippen molar-refractivity contribution in [2.45, 2.75) is 25.2 Å². The van der Waals surface area contributed by atoms with Gasteiger partial charge >= 0.3 is 6.18 Å². The predicted molar refractivity (Wildman–Crippen MR) is 127 cm³/mol. The number of benzene rings is 1. The topological polar surface area (TPSA) is 61.8 Å². The summed E-state index contributed by atoms with van der Waals surface area (Å²) in [5.41, 5.74) is 0.141. The van der Waals surface area contributed by atoms with Crippen molar-refractivity contribution in [3.63, 3.8) is 0 Å². The number of halogens is 5. The molecule has 1 aromatic heterocycles. The van der Waals surface area contributed by atoms with Gasteiger partial charge in [-0.3, -0.25) is 4.99 Å². The van der Waals surface area contributed by atoms with E-state index in [4.69, 9.17) is 16.3 Å². The number of nitrogens with zero attached hydrogens (tertiary/aromatic N) is 3. The zero-order valence-electron chi connectivity index (χ0n) is 17.0. The molecule has 2 heterocycles. The van der Waals surface area contributed by atoms with Crippen LogP contribution in [0, 0.1) is 0 Å². The Morgan fingerprint density at radius 2 is 2.10 bits per heavy atom. The van der Waals surface area contributed by atoms with Gasteiger partial charge in [0, 0.05) is 44.5 Å². The van der Waals surface area contributed by atoms with Gasteiger partial charge in [0.1, 0.15) is 11.6 Å². The normalized spacial score (nSPS) is 16.6. The number of anilines is 1. The van der Waals surface area contributed by atoms with E-state index in [0.29, 0.717) is 31.4 Å². The molecule has 3 rings (SSSR count). The average molecular weight is 570 g/mol. The number of rotatable bonds is 5. The van der Waals surface area contributed by atoms with Crippen LogP contribution in [0.25, 0.3) is 0 Å². The van der Waals surface area contributed by atoms with Gasteiger partial charge in [-0.25, -0.2) is 4.98 Å². The lowest BCUT2D eigenvalue weighted by atomic mass is 10.2. The Bertz CT molecular complexity index is 913. The number of para-hydroxylation sites is 1. The second-order valence-corrected chi connectivity index (χ2v) is 7.25. The van der Waals surface area contributed by atoms with Crippen LogP contribution in [-0.2, 0) is 12.7 Å². The molecule has 6 nitrogen and oxygen atoms in total. The van der Waals surface area contributed by atoms with Crippen LogP contribution in [0.2, 0.25) is 5.02 Å². The van der Waals surface area contributed by atoms with Gasteiger partial charge in [0.05, 0.1) is 17.7 Å². The molecule has 1 aliphatic rings. The molecule has 170 valence electrons. The molecule has 0 saturated carbocycles. The van der Waals surface area contributed by atoms with Crippen LogP contribution in [0.15, 0.2) is 41.5 Å². The Kier molecular flexibility index (Phi) is 9.04. The van der Waals surface area contributed by atoms with Crippen molar-refractivity contribution >= 4 is 47.4 Å². The molecule has 2 N–H and O–H groups in total. The van der Waals surface area contributed by atoms with E-state index < -0.39 is 11.7 Å². The summed E-state index contributed by atoms with van der Waals surface area (Å²) in [6.07, 6.45) is -2.88. The molecule has 0 amide bonds. The number of guanidine groups is 1. The standard InChI is InChI=1S/C20H23ClF3N5O.HI/c1-25-19(27-10-13-5-3-4-6-17(13)30-2)28-15-7-8-29(12-15)18-16(21)9-14(11-26-18)20(22,23)24;/h3-6,9,11,15H,7-8,10,12H2,1-2H3,(H2,25,27,28);1H. The summed E-state index contributed by atoms with van der Waals surface area (Å²) in [4.78, 5) is 10.1. The Morgan fingerprint density at radius 1 is 1.35 bits per heavy atom. The van der Waals surface area contributed by atoms with Gasteiger partial charge in [0.15, 0.2) is 5.96 Å². The number of nitrogens with one attached hydrogen (secondary N) is 2. The smallest absolute Gasteiger partial charge is 0.417 e. The molecular formula is C20H24ClF3IN5O.